The van der Waals surface area contributed by atoms with Gasteiger partial charge in [-0.15, -0.1) is 0 Å². The Balaban J connectivity index is 1.60. The number of Topliss-reactive ketones (excluding diaryl/α,β-unsaturated/α-hetero) is 1. The summed E-state index contributed by atoms with van der Waals surface area (Å²) in [5, 5.41) is 0. The highest BCUT2D eigenvalue weighted by Crippen LogP contribution is 2.24. The third-order valence-corrected chi connectivity index (χ3v) is 5.06. The quantitative estimate of drug-likeness (QED) is 0.727. The van der Waals surface area contributed by atoms with Gasteiger partial charge in [0, 0.05) is 36.8 Å². The van der Waals surface area contributed by atoms with Crippen LogP contribution in [0.15, 0.2) is 54.6 Å². The van der Waals surface area contributed by atoms with Gasteiger partial charge in [0.15, 0.2) is 5.78 Å². The van der Waals surface area contributed by atoms with Crippen molar-refractivity contribution in [2.75, 3.05) is 24.5 Å². The fourth-order valence-corrected chi connectivity index (χ4v) is 3.58. The fraction of sp³-hybridized carbons (Fsp3) is 0.364. The van der Waals surface area contributed by atoms with E-state index >= 15 is 0 Å². The second kappa shape index (κ2) is 8.91. The van der Waals surface area contributed by atoms with E-state index < -0.39 is 0 Å². The number of ketones is 1. The Morgan fingerprint density at radius 1 is 1.04 bits per heavy atom. The van der Waals surface area contributed by atoms with E-state index in [0.29, 0.717) is 18.5 Å². The summed E-state index contributed by atoms with van der Waals surface area (Å²) < 4.78 is 13.0. The molecule has 0 spiro atoms. The Morgan fingerprint density at radius 3 is 2.26 bits per heavy atom. The first-order valence-electron chi connectivity index (χ1n) is 9.46. The zero-order chi connectivity index (χ0) is 19.2. The molecule has 3 rings (SSSR count). The number of hydrogen-bond donors (Lipinski definition) is 0. The highest BCUT2D eigenvalue weighted by molar-refractivity contribution is 5.97. The van der Waals surface area contributed by atoms with Crippen molar-refractivity contribution in [1.82, 2.24) is 4.90 Å². The molecule has 4 nitrogen and oxygen atoms in total. The molecule has 0 saturated carbocycles. The van der Waals surface area contributed by atoms with Crippen molar-refractivity contribution in [2.45, 2.75) is 32.2 Å². The molecule has 0 aromatic heterocycles. The van der Waals surface area contributed by atoms with Crippen LogP contribution in [-0.4, -0.2) is 42.3 Å². The summed E-state index contributed by atoms with van der Waals surface area (Å²) in [6.07, 6.45) is 2.13. The Hall–Kier alpha value is -2.53. The summed E-state index contributed by atoms with van der Waals surface area (Å²) >= 11 is 0. The first-order valence-corrected chi connectivity index (χ1v) is 9.46. The average Bonchev–Trinajstić information content (AvgIpc) is 2.70. The molecular weight excluding hydrogens is 342 g/mol. The third kappa shape index (κ3) is 4.80. The minimum atomic E-state index is -0.339. The lowest BCUT2D eigenvalue weighted by Gasteiger charge is -2.38. The maximum absolute atomic E-state index is 13.0. The molecule has 1 amide bonds. The lowest BCUT2D eigenvalue weighted by Crippen LogP contribution is -2.48. The monoisotopic (exact) mass is 367 g/mol. The molecule has 2 aromatic carbocycles. The first-order chi connectivity index (χ1) is 13.1. The maximum atomic E-state index is 13.0. The number of hydrogen-bond acceptors (Lipinski definition) is 3. The van der Waals surface area contributed by atoms with Crippen molar-refractivity contribution in [3.8, 4) is 0 Å². The maximum Gasteiger partial charge on any atom is 0.226 e. The summed E-state index contributed by atoms with van der Waals surface area (Å²) in [6, 6.07) is 15.6. The predicted molar refractivity (Wildman–Crippen MR) is 104 cm³/mol. The molecular formula is C22H25FN2O2. The molecule has 2 aromatic rings. The van der Waals surface area contributed by atoms with Gasteiger partial charge < -0.3 is 4.90 Å². The number of anilines is 1. The molecule has 0 radical (unpaired) electrons. The van der Waals surface area contributed by atoms with Crippen LogP contribution in [0.2, 0.25) is 0 Å². The largest absolute Gasteiger partial charge is 0.309 e. The molecule has 5 heteroatoms. The van der Waals surface area contributed by atoms with Gasteiger partial charge in [0.25, 0.3) is 0 Å². The van der Waals surface area contributed by atoms with Gasteiger partial charge in [0.2, 0.25) is 5.91 Å². The third-order valence-electron chi connectivity index (χ3n) is 5.06. The summed E-state index contributed by atoms with van der Waals surface area (Å²) in [5.41, 5.74) is 1.47. The molecule has 1 saturated heterocycles. The Kier molecular flexibility index (Phi) is 6.35. The van der Waals surface area contributed by atoms with E-state index in [4.69, 9.17) is 0 Å². The van der Waals surface area contributed by atoms with Crippen LogP contribution in [0.3, 0.4) is 0 Å². The molecule has 0 atom stereocenters. The van der Waals surface area contributed by atoms with E-state index in [1.54, 1.807) is 0 Å². The number of carbonyl (C=O) groups is 2. The van der Waals surface area contributed by atoms with E-state index in [-0.39, 0.29) is 23.5 Å². The number of para-hydroxylation sites is 1. The van der Waals surface area contributed by atoms with Gasteiger partial charge in [-0.25, -0.2) is 4.39 Å². The van der Waals surface area contributed by atoms with Gasteiger partial charge in [0.1, 0.15) is 5.82 Å². The Morgan fingerprint density at radius 2 is 1.67 bits per heavy atom. The number of nitrogens with zero attached hydrogens (tertiary/aromatic N) is 2. The predicted octanol–water partition coefficient (Wildman–Crippen LogP) is 3.92. The number of carbonyl (C=O) groups excluding carboxylic acids is 2. The van der Waals surface area contributed by atoms with E-state index in [0.717, 1.165) is 31.6 Å². The standard InChI is InChI=1S/C22H25FN2O2/c1-2-22(27)25(19-6-4-3-5-7-19)20-12-14-24(15-13-20)16-21(26)17-8-10-18(23)11-9-17/h3-11,20H,2,12-16H2,1H3/i23-1. The molecule has 142 valence electrons. The van der Waals surface area contributed by atoms with Gasteiger partial charge >= 0.3 is 0 Å². The normalized spacial score (nSPS) is 15.5. The van der Waals surface area contributed by atoms with E-state index in [9.17, 15) is 14.0 Å². The van der Waals surface area contributed by atoms with Crippen molar-refractivity contribution in [1.29, 1.82) is 0 Å². The zero-order valence-corrected chi connectivity index (χ0v) is 15.6. The molecule has 1 aliphatic rings. The van der Waals surface area contributed by atoms with E-state index in [1.807, 2.05) is 42.2 Å². The molecule has 1 aliphatic heterocycles. The topological polar surface area (TPSA) is 40.6 Å². The molecule has 27 heavy (non-hydrogen) atoms. The van der Waals surface area contributed by atoms with Gasteiger partial charge in [-0.1, -0.05) is 25.1 Å². The minimum Gasteiger partial charge on any atom is -0.309 e. The summed E-state index contributed by atoms with van der Waals surface area (Å²) in [6.45, 7) is 3.73. The van der Waals surface area contributed by atoms with Gasteiger partial charge in [0.05, 0.1) is 6.54 Å². The minimum absolute atomic E-state index is 0.00185. The Bertz CT molecular complexity index is 769. The fourth-order valence-electron chi connectivity index (χ4n) is 3.58. The van der Waals surface area contributed by atoms with Gasteiger partial charge in [-0.2, -0.15) is 0 Å². The molecule has 0 bridgehead atoms. The average molecular weight is 367 g/mol. The lowest BCUT2D eigenvalue weighted by molar-refractivity contribution is -0.119. The smallest absolute Gasteiger partial charge is 0.226 e. The second-order valence-electron chi connectivity index (χ2n) is 6.89. The number of likely N-dealkylation sites (tertiary alicyclic amines) is 1. The Labute approximate surface area is 159 Å². The summed E-state index contributed by atoms with van der Waals surface area (Å²) in [4.78, 5) is 28.9. The highest BCUT2D eigenvalue weighted by atomic mass is 18.2. The van der Waals surface area contributed by atoms with Crippen LogP contribution >= 0.6 is 0 Å². The molecule has 0 aliphatic carbocycles. The number of benzene rings is 2. The van der Waals surface area contributed by atoms with Gasteiger partial charge in [-0.3, -0.25) is 14.5 Å². The van der Waals surface area contributed by atoms with Crippen LogP contribution in [0, 0.1) is 5.82 Å². The van der Waals surface area contributed by atoms with Crippen LogP contribution in [0.4, 0.5) is 10.1 Å². The van der Waals surface area contributed by atoms with Crippen molar-refractivity contribution in [3.05, 3.63) is 66.0 Å². The second-order valence-corrected chi connectivity index (χ2v) is 6.89. The molecule has 1 heterocycles. The van der Waals surface area contributed by atoms with Crippen molar-refractivity contribution >= 4 is 17.4 Å². The lowest BCUT2D eigenvalue weighted by atomic mass is 10.0. The highest BCUT2D eigenvalue weighted by Gasteiger charge is 2.29. The van der Waals surface area contributed by atoms with Crippen LogP contribution in [0.5, 0.6) is 0 Å². The van der Waals surface area contributed by atoms with E-state index in [2.05, 4.69) is 4.90 Å². The molecule has 0 N–H and O–H groups in total. The van der Waals surface area contributed by atoms with Crippen LogP contribution < -0.4 is 4.90 Å². The number of amides is 1. The van der Waals surface area contributed by atoms with Crippen molar-refractivity contribution in [2.24, 2.45) is 0 Å². The van der Waals surface area contributed by atoms with E-state index in [1.165, 1.54) is 24.3 Å². The van der Waals surface area contributed by atoms with Crippen molar-refractivity contribution < 1.29 is 14.0 Å². The van der Waals surface area contributed by atoms with Gasteiger partial charge in [-0.05, 0) is 49.2 Å². The SMILES string of the molecule is CCC(=O)N(c1ccccc1)C1CCN(CC(=O)c2ccc([18F])cc2)CC1. The van der Waals surface area contributed by atoms with Crippen molar-refractivity contribution in [3.63, 3.8) is 0 Å². The van der Waals surface area contributed by atoms with Crippen LogP contribution in [-0.2, 0) is 4.79 Å². The number of halogens is 1. The molecule has 0 unspecified atom stereocenters. The zero-order valence-electron chi connectivity index (χ0n) is 15.6. The molecule has 1 fully saturated rings. The number of rotatable bonds is 6. The summed E-state index contributed by atoms with van der Waals surface area (Å²) in [5.74, 6) is -0.214. The van der Waals surface area contributed by atoms with Crippen LogP contribution in [0.25, 0.3) is 0 Å². The summed E-state index contributed by atoms with van der Waals surface area (Å²) in [7, 11) is 0. The number of piperidine rings is 1. The first kappa shape index (κ1) is 19.2. The van der Waals surface area contributed by atoms with Crippen LogP contribution in [0.1, 0.15) is 36.5 Å².